The Morgan fingerprint density at radius 1 is 1.17 bits per heavy atom. The van der Waals surface area contributed by atoms with Crippen molar-refractivity contribution < 1.29 is 14.2 Å². The molecule has 100 valence electrons. The summed E-state index contributed by atoms with van der Waals surface area (Å²) in [5.41, 5.74) is 6.86. The van der Waals surface area contributed by atoms with Crippen LogP contribution in [0.2, 0.25) is 5.02 Å². The van der Waals surface area contributed by atoms with Gasteiger partial charge in [0, 0.05) is 17.5 Å². The summed E-state index contributed by atoms with van der Waals surface area (Å²) in [6, 6.07) is 1.92. The highest BCUT2D eigenvalue weighted by atomic mass is 35.5. The van der Waals surface area contributed by atoms with Crippen LogP contribution in [-0.4, -0.2) is 27.9 Å². The van der Waals surface area contributed by atoms with E-state index in [1.807, 2.05) is 6.07 Å². The van der Waals surface area contributed by atoms with Crippen molar-refractivity contribution in [2.75, 3.05) is 27.9 Å². The standard InChI is InChI=1S/C13H18ClNO3/c1-16-9-6-8(13(7-15)4-5-13)11(17-2)10(14)12(9)18-3/h6H,4-5,7,15H2,1-3H3. The second kappa shape index (κ2) is 4.86. The molecule has 2 rings (SSSR count). The monoisotopic (exact) mass is 271 g/mol. The van der Waals surface area contributed by atoms with E-state index in [-0.39, 0.29) is 5.41 Å². The molecule has 0 aromatic heterocycles. The van der Waals surface area contributed by atoms with Crippen LogP contribution in [0.3, 0.4) is 0 Å². The molecule has 1 aromatic rings. The van der Waals surface area contributed by atoms with Crippen molar-refractivity contribution in [2.24, 2.45) is 5.73 Å². The van der Waals surface area contributed by atoms with Gasteiger partial charge < -0.3 is 19.9 Å². The third-order valence-electron chi connectivity index (χ3n) is 3.59. The van der Waals surface area contributed by atoms with E-state index < -0.39 is 0 Å². The van der Waals surface area contributed by atoms with Gasteiger partial charge in [-0.15, -0.1) is 0 Å². The van der Waals surface area contributed by atoms with E-state index >= 15 is 0 Å². The molecule has 1 aliphatic rings. The number of benzene rings is 1. The molecule has 0 amide bonds. The molecule has 18 heavy (non-hydrogen) atoms. The fourth-order valence-corrected chi connectivity index (χ4v) is 2.61. The van der Waals surface area contributed by atoms with Gasteiger partial charge in [0.2, 0.25) is 0 Å². The molecule has 0 unspecified atom stereocenters. The number of hydrogen-bond donors (Lipinski definition) is 1. The molecule has 0 aliphatic heterocycles. The van der Waals surface area contributed by atoms with Gasteiger partial charge in [-0.3, -0.25) is 0 Å². The molecule has 0 heterocycles. The van der Waals surface area contributed by atoms with Crippen LogP contribution in [0.5, 0.6) is 17.2 Å². The average Bonchev–Trinajstić information content (AvgIpc) is 3.18. The van der Waals surface area contributed by atoms with Crippen LogP contribution >= 0.6 is 11.6 Å². The first-order valence-electron chi connectivity index (χ1n) is 5.82. The molecule has 2 N–H and O–H groups in total. The van der Waals surface area contributed by atoms with Gasteiger partial charge in [0.1, 0.15) is 10.8 Å². The van der Waals surface area contributed by atoms with Crippen molar-refractivity contribution in [3.63, 3.8) is 0 Å². The molecule has 0 bridgehead atoms. The Morgan fingerprint density at radius 2 is 1.78 bits per heavy atom. The van der Waals surface area contributed by atoms with Gasteiger partial charge in [-0.2, -0.15) is 0 Å². The van der Waals surface area contributed by atoms with E-state index in [1.54, 1.807) is 21.3 Å². The van der Waals surface area contributed by atoms with Gasteiger partial charge in [-0.25, -0.2) is 0 Å². The molecule has 5 heteroatoms. The summed E-state index contributed by atoms with van der Waals surface area (Å²) in [7, 11) is 4.74. The lowest BCUT2D eigenvalue weighted by Crippen LogP contribution is -2.20. The zero-order valence-corrected chi connectivity index (χ0v) is 11.6. The van der Waals surface area contributed by atoms with Crippen LogP contribution in [0.15, 0.2) is 6.07 Å². The Labute approximate surface area is 112 Å². The number of rotatable bonds is 5. The van der Waals surface area contributed by atoms with Crippen LogP contribution in [0.1, 0.15) is 18.4 Å². The van der Waals surface area contributed by atoms with Gasteiger partial charge in [-0.05, 0) is 18.9 Å². The Bertz CT molecular complexity index is 458. The summed E-state index contributed by atoms with van der Waals surface area (Å²) in [4.78, 5) is 0. The molecule has 1 aliphatic carbocycles. The first kappa shape index (κ1) is 13.3. The molecule has 0 radical (unpaired) electrons. The Morgan fingerprint density at radius 3 is 2.17 bits per heavy atom. The highest BCUT2D eigenvalue weighted by molar-refractivity contribution is 6.34. The maximum atomic E-state index is 6.32. The summed E-state index contributed by atoms with van der Waals surface area (Å²) in [6.45, 7) is 0.579. The number of halogens is 1. The summed E-state index contributed by atoms with van der Waals surface area (Å²) >= 11 is 6.32. The van der Waals surface area contributed by atoms with E-state index in [0.717, 1.165) is 18.4 Å². The van der Waals surface area contributed by atoms with E-state index in [1.165, 1.54) is 0 Å². The van der Waals surface area contributed by atoms with Crippen molar-refractivity contribution in [2.45, 2.75) is 18.3 Å². The second-order valence-electron chi connectivity index (χ2n) is 4.49. The minimum absolute atomic E-state index is 0.0193. The van der Waals surface area contributed by atoms with Gasteiger partial charge in [0.05, 0.1) is 21.3 Å². The normalized spacial score (nSPS) is 16.3. The summed E-state index contributed by atoms with van der Waals surface area (Å²) in [6.07, 6.45) is 2.09. The van der Waals surface area contributed by atoms with Gasteiger partial charge in [-0.1, -0.05) is 11.6 Å². The number of nitrogens with two attached hydrogens (primary N) is 1. The Balaban J connectivity index is 2.62. The SMILES string of the molecule is COc1cc(C2(CN)CC2)c(OC)c(Cl)c1OC. The summed E-state index contributed by atoms with van der Waals surface area (Å²) in [5.74, 6) is 1.74. The summed E-state index contributed by atoms with van der Waals surface area (Å²) in [5, 5.41) is 0.439. The number of ether oxygens (including phenoxy) is 3. The van der Waals surface area contributed by atoms with Gasteiger partial charge in [0.15, 0.2) is 11.5 Å². The topological polar surface area (TPSA) is 53.7 Å². The van der Waals surface area contributed by atoms with Crippen molar-refractivity contribution in [1.82, 2.24) is 0 Å². The molecule has 0 saturated heterocycles. The highest BCUT2D eigenvalue weighted by Crippen LogP contribution is 2.55. The lowest BCUT2D eigenvalue weighted by atomic mass is 9.94. The lowest BCUT2D eigenvalue weighted by molar-refractivity contribution is 0.346. The quantitative estimate of drug-likeness (QED) is 0.893. The first-order valence-corrected chi connectivity index (χ1v) is 6.20. The minimum Gasteiger partial charge on any atom is -0.495 e. The van der Waals surface area contributed by atoms with Crippen molar-refractivity contribution in [3.05, 3.63) is 16.7 Å². The smallest absolute Gasteiger partial charge is 0.183 e. The maximum Gasteiger partial charge on any atom is 0.183 e. The van der Waals surface area contributed by atoms with Crippen LogP contribution in [0.25, 0.3) is 0 Å². The van der Waals surface area contributed by atoms with Gasteiger partial charge in [0.25, 0.3) is 0 Å². The molecule has 0 atom stereocenters. The first-order chi connectivity index (χ1) is 8.63. The molecular formula is C13H18ClNO3. The molecule has 1 saturated carbocycles. The zero-order chi connectivity index (χ0) is 13.3. The van der Waals surface area contributed by atoms with E-state index in [9.17, 15) is 0 Å². The Hall–Kier alpha value is -1.13. The molecule has 1 fully saturated rings. The predicted molar refractivity (Wildman–Crippen MR) is 71.1 cm³/mol. The zero-order valence-electron chi connectivity index (χ0n) is 10.9. The third-order valence-corrected chi connectivity index (χ3v) is 3.93. The lowest BCUT2D eigenvalue weighted by Gasteiger charge is -2.21. The van der Waals surface area contributed by atoms with Crippen LogP contribution in [0, 0.1) is 0 Å². The maximum absolute atomic E-state index is 6.32. The number of methoxy groups -OCH3 is 3. The molecule has 1 aromatic carbocycles. The summed E-state index contributed by atoms with van der Waals surface area (Å²) < 4.78 is 16.0. The van der Waals surface area contributed by atoms with Crippen LogP contribution in [0.4, 0.5) is 0 Å². The fourth-order valence-electron chi connectivity index (χ4n) is 2.26. The van der Waals surface area contributed by atoms with E-state index in [0.29, 0.717) is 28.8 Å². The van der Waals surface area contributed by atoms with Crippen molar-refractivity contribution in [1.29, 1.82) is 0 Å². The third kappa shape index (κ3) is 1.89. The van der Waals surface area contributed by atoms with Crippen molar-refractivity contribution in [3.8, 4) is 17.2 Å². The fraction of sp³-hybridized carbons (Fsp3) is 0.538. The molecule has 4 nitrogen and oxygen atoms in total. The number of hydrogen-bond acceptors (Lipinski definition) is 4. The predicted octanol–water partition coefficient (Wildman–Crippen LogP) is 2.36. The molecular weight excluding hydrogens is 254 g/mol. The van der Waals surface area contributed by atoms with E-state index in [4.69, 9.17) is 31.5 Å². The minimum atomic E-state index is -0.0193. The van der Waals surface area contributed by atoms with Crippen LogP contribution in [-0.2, 0) is 5.41 Å². The highest BCUT2D eigenvalue weighted by Gasteiger charge is 2.46. The second-order valence-corrected chi connectivity index (χ2v) is 4.87. The van der Waals surface area contributed by atoms with Crippen molar-refractivity contribution >= 4 is 11.6 Å². The largest absolute Gasteiger partial charge is 0.495 e. The average molecular weight is 272 g/mol. The van der Waals surface area contributed by atoms with Crippen LogP contribution < -0.4 is 19.9 Å². The van der Waals surface area contributed by atoms with Gasteiger partial charge >= 0.3 is 0 Å². The molecule has 0 spiro atoms. The Kier molecular flexibility index (Phi) is 3.59. The van der Waals surface area contributed by atoms with E-state index in [2.05, 4.69) is 0 Å².